The Bertz CT molecular complexity index is 1290. The van der Waals surface area contributed by atoms with Crippen molar-refractivity contribution < 1.29 is 28.7 Å². The molecule has 1 heterocycles. The van der Waals surface area contributed by atoms with E-state index in [4.69, 9.17) is 9.47 Å². The van der Waals surface area contributed by atoms with E-state index in [9.17, 15) is 19.2 Å². The number of aryl methyl sites for hydroxylation is 1. The molecule has 1 fully saturated rings. The van der Waals surface area contributed by atoms with Crippen molar-refractivity contribution in [3.63, 3.8) is 0 Å². The van der Waals surface area contributed by atoms with Crippen LogP contribution >= 0.6 is 0 Å². The number of ether oxygens (including phenoxy) is 2. The van der Waals surface area contributed by atoms with Gasteiger partial charge in [-0.3, -0.25) is 14.5 Å². The summed E-state index contributed by atoms with van der Waals surface area (Å²) in [4.78, 5) is 50.8. The fourth-order valence-corrected chi connectivity index (χ4v) is 3.79. The Morgan fingerprint density at radius 2 is 1.75 bits per heavy atom. The lowest BCUT2D eigenvalue weighted by Gasteiger charge is -2.31. The van der Waals surface area contributed by atoms with Gasteiger partial charge in [-0.25, -0.2) is 9.59 Å². The first kappa shape index (κ1) is 24.5. The molecule has 0 aliphatic carbocycles. The number of carbonyl (C=O) groups excluding carboxylic acids is 4. The van der Waals surface area contributed by atoms with Crippen LogP contribution in [-0.2, 0) is 14.3 Å². The van der Waals surface area contributed by atoms with Crippen LogP contribution in [0.15, 0.2) is 72.8 Å². The highest BCUT2D eigenvalue weighted by molar-refractivity contribution is 6.03. The van der Waals surface area contributed by atoms with Gasteiger partial charge in [0.1, 0.15) is 18.0 Å². The Hall–Kier alpha value is -4.66. The first-order chi connectivity index (χ1) is 17.3. The minimum atomic E-state index is -0.666. The number of esters is 1. The molecule has 36 heavy (non-hydrogen) atoms. The fourth-order valence-electron chi connectivity index (χ4n) is 3.79. The van der Waals surface area contributed by atoms with E-state index in [1.807, 2.05) is 30.3 Å². The lowest BCUT2D eigenvalue weighted by molar-refractivity contribution is -0.133. The highest BCUT2D eigenvalue weighted by atomic mass is 16.5. The van der Waals surface area contributed by atoms with E-state index in [-0.39, 0.29) is 12.0 Å². The quantitative estimate of drug-likeness (QED) is 0.483. The summed E-state index contributed by atoms with van der Waals surface area (Å²) in [6, 6.07) is 19.9. The molecule has 9 nitrogen and oxygen atoms in total. The van der Waals surface area contributed by atoms with Crippen LogP contribution < -0.4 is 15.4 Å². The predicted octanol–water partition coefficient (Wildman–Crippen LogP) is 4.20. The zero-order chi connectivity index (χ0) is 25.7. The molecule has 0 radical (unpaired) electrons. The van der Waals surface area contributed by atoms with Crippen molar-refractivity contribution in [1.29, 1.82) is 0 Å². The van der Waals surface area contributed by atoms with E-state index >= 15 is 0 Å². The van der Waals surface area contributed by atoms with E-state index in [1.54, 1.807) is 43.3 Å². The van der Waals surface area contributed by atoms with Gasteiger partial charge in [-0.1, -0.05) is 36.4 Å². The third-order valence-corrected chi connectivity index (χ3v) is 5.70. The Balaban J connectivity index is 1.40. The number of benzene rings is 3. The van der Waals surface area contributed by atoms with Crippen LogP contribution in [0.25, 0.3) is 0 Å². The molecular formula is C27H25N3O6. The van der Waals surface area contributed by atoms with Gasteiger partial charge in [-0.05, 0) is 54.4 Å². The van der Waals surface area contributed by atoms with Crippen LogP contribution in [0.5, 0.6) is 11.5 Å². The van der Waals surface area contributed by atoms with E-state index in [2.05, 4.69) is 10.6 Å². The molecule has 0 bridgehead atoms. The molecule has 0 unspecified atom stereocenters. The standard InChI is InChI=1S/C27H25N3O6/c1-17-11-12-19(26(33)35-2)14-22(17)28-24(31)16-30-25(32)15-23(29-27(30)34)18-7-6-10-21(13-18)36-20-8-4-3-5-9-20/h3-14,23H,15-16H2,1-2H3,(H,28,31)(H,29,34)/t23-/m1/s1. The second kappa shape index (κ2) is 10.7. The van der Waals surface area contributed by atoms with Gasteiger partial charge in [-0.2, -0.15) is 0 Å². The zero-order valence-corrected chi connectivity index (χ0v) is 19.8. The number of carbonyl (C=O) groups is 4. The number of urea groups is 1. The van der Waals surface area contributed by atoms with E-state index in [1.165, 1.54) is 13.2 Å². The Kier molecular flexibility index (Phi) is 7.29. The van der Waals surface area contributed by atoms with Crippen LogP contribution in [0.2, 0.25) is 0 Å². The molecule has 1 saturated heterocycles. The second-order valence-electron chi connectivity index (χ2n) is 8.24. The van der Waals surface area contributed by atoms with Gasteiger partial charge in [-0.15, -0.1) is 0 Å². The van der Waals surface area contributed by atoms with Gasteiger partial charge in [0.15, 0.2) is 0 Å². The molecule has 1 atom stereocenters. The monoisotopic (exact) mass is 487 g/mol. The summed E-state index contributed by atoms with van der Waals surface area (Å²) in [5.41, 5.74) is 2.08. The summed E-state index contributed by atoms with van der Waals surface area (Å²) < 4.78 is 10.5. The van der Waals surface area contributed by atoms with E-state index in [0.29, 0.717) is 28.3 Å². The maximum atomic E-state index is 12.8. The number of methoxy groups -OCH3 is 1. The molecule has 0 spiro atoms. The normalized spacial score (nSPS) is 15.2. The third kappa shape index (κ3) is 5.69. The molecule has 1 aliphatic heterocycles. The third-order valence-electron chi connectivity index (χ3n) is 5.70. The van der Waals surface area contributed by atoms with Crippen molar-refractivity contribution >= 4 is 29.5 Å². The number of nitrogens with one attached hydrogen (secondary N) is 2. The number of imide groups is 1. The zero-order valence-electron chi connectivity index (χ0n) is 19.8. The lowest BCUT2D eigenvalue weighted by atomic mass is 10.0. The number of rotatable bonds is 7. The number of hydrogen-bond acceptors (Lipinski definition) is 6. The average Bonchev–Trinajstić information content (AvgIpc) is 2.87. The summed E-state index contributed by atoms with van der Waals surface area (Å²) in [6.07, 6.45) is -0.00926. The summed E-state index contributed by atoms with van der Waals surface area (Å²) in [5, 5.41) is 5.44. The van der Waals surface area contributed by atoms with Gasteiger partial charge in [0.05, 0.1) is 25.1 Å². The maximum absolute atomic E-state index is 12.8. The van der Waals surface area contributed by atoms with Crippen molar-refractivity contribution in [3.8, 4) is 11.5 Å². The number of hydrogen-bond donors (Lipinski definition) is 2. The molecule has 4 amide bonds. The summed E-state index contributed by atoms with van der Waals surface area (Å²) in [5.74, 6) is -0.344. The minimum Gasteiger partial charge on any atom is -0.465 e. The molecule has 1 aliphatic rings. The molecule has 3 aromatic rings. The molecule has 3 aromatic carbocycles. The van der Waals surface area contributed by atoms with Gasteiger partial charge in [0, 0.05) is 5.69 Å². The van der Waals surface area contributed by atoms with Gasteiger partial charge in [0.25, 0.3) is 0 Å². The van der Waals surface area contributed by atoms with E-state index in [0.717, 1.165) is 4.90 Å². The van der Waals surface area contributed by atoms with Crippen molar-refractivity contribution in [1.82, 2.24) is 10.2 Å². The van der Waals surface area contributed by atoms with Crippen molar-refractivity contribution in [2.24, 2.45) is 0 Å². The lowest BCUT2D eigenvalue weighted by Crippen LogP contribution is -2.53. The van der Waals surface area contributed by atoms with Gasteiger partial charge >= 0.3 is 12.0 Å². The largest absolute Gasteiger partial charge is 0.465 e. The Morgan fingerprint density at radius 3 is 2.47 bits per heavy atom. The van der Waals surface area contributed by atoms with Crippen LogP contribution in [0, 0.1) is 6.92 Å². The summed E-state index contributed by atoms with van der Waals surface area (Å²) in [7, 11) is 1.26. The molecule has 2 N–H and O–H groups in total. The van der Waals surface area contributed by atoms with Crippen molar-refractivity contribution in [2.45, 2.75) is 19.4 Å². The van der Waals surface area contributed by atoms with Crippen molar-refractivity contribution in [2.75, 3.05) is 19.0 Å². The molecular weight excluding hydrogens is 462 g/mol. The molecule has 9 heteroatoms. The summed E-state index contributed by atoms with van der Waals surface area (Å²) in [6.45, 7) is 1.30. The van der Waals surface area contributed by atoms with Crippen LogP contribution in [-0.4, -0.2) is 42.4 Å². The molecule has 4 rings (SSSR count). The second-order valence-corrected chi connectivity index (χ2v) is 8.24. The van der Waals surface area contributed by atoms with E-state index < -0.39 is 36.4 Å². The number of para-hydroxylation sites is 1. The maximum Gasteiger partial charge on any atom is 0.337 e. The smallest absolute Gasteiger partial charge is 0.337 e. The number of anilines is 1. The molecule has 184 valence electrons. The Labute approximate surface area is 208 Å². The molecule has 0 saturated carbocycles. The first-order valence-electron chi connectivity index (χ1n) is 11.3. The van der Waals surface area contributed by atoms with Crippen LogP contribution in [0.1, 0.15) is 33.9 Å². The van der Waals surface area contributed by atoms with Crippen molar-refractivity contribution in [3.05, 3.63) is 89.5 Å². The van der Waals surface area contributed by atoms with Crippen LogP contribution in [0.3, 0.4) is 0 Å². The highest BCUT2D eigenvalue weighted by Crippen LogP contribution is 2.28. The van der Waals surface area contributed by atoms with Crippen LogP contribution in [0.4, 0.5) is 10.5 Å². The summed E-state index contributed by atoms with van der Waals surface area (Å²) >= 11 is 0. The van der Waals surface area contributed by atoms with Gasteiger partial charge < -0.3 is 20.1 Å². The first-order valence-corrected chi connectivity index (χ1v) is 11.3. The Morgan fingerprint density at radius 1 is 1.00 bits per heavy atom. The minimum absolute atomic E-state index is 0.00926. The predicted molar refractivity (Wildman–Crippen MR) is 132 cm³/mol. The van der Waals surface area contributed by atoms with Gasteiger partial charge in [0.2, 0.25) is 11.8 Å². The SMILES string of the molecule is COC(=O)c1ccc(C)c(NC(=O)CN2C(=O)C[C@H](c3cccc(Oc4ccccc4)c3)NC2=O)c1. The highest BCUT2D eigenvalue weighted by Gasteiger charge is 2.34. The fraction of sp³-hybridized carbons (Fsp3) is 0.185. The number of amides is 4. The topological polar surface area (TPSA) is 114 Å². The average molecular weight is 488 g/mol. The number of nitrogens with zero attached hydrogens (tertiary/aromatic N) is 1. The molecule has 0 aromatic heterocycles.